The number of nitrogens with zero attached hydrogens (tertiary/aromatic N) is 1. The van der Waals surface area contributed by atoms with E-state index in [-0.39, 0.29) is 18.0 Å². The van der Waals surface area contributed by atoms with Crippen LogP contribution < -0.4 is 5.73 Å². The first-order valence-electron chi connectivity index (χ1n) is 4.73. The Bertz CT molecular complexity index is 392. The zero-order valence-electron chi connectivity index (χ0n) is 8.57. The normalized spacial score (nSPS) is 14.2. The van der Waals surface area contributed by atoms with Crippen molar-refractivity contribution in [2.75, 3.05) is 6.54 Å². The molecular weight excluding hydrogens is 192 g/mol. The molecule has 1 rings (SSSR count). The summed E-state index contributed by atoms with van der Waals surface area (Å²) in [4.78, 5) is 0. The van der Waals surface area contributed by atoms with Gasteiger partial charge in [0.1, 0.15) is 0 Å². The number of nitriles is 1. The molecule has 4 nitrogen and oxygen atoms in total. The van der Waals surface area contributed by atoms with Crippen molar-refractivity contribution in [3.8, 4) is 17.6 Å². The van der Waals surface area contributed by atoms with Gasteiger partial charge in [-0.25, -0.2) is 0 Å². The molecule has 0 aliphatic heterocycles. The highest BCUT2D eigenvalue weighted by molar-refractivity contribution is 5.45. The molecule has 0 amide bonds. The molecule has 1 aromatic carbocycles. The predicted octanol–water partition coefficient (Wildman–Crippen LogP) is 1.23. The number of phenolic OH excluding ortho intramolecular Hbond substituents is 2. The number of hydrogen-bond donors (Lipinski definition) is 3. The van der Waals surface area contributed by atoms with Crippen molar-refractivity contribution in [2.24, 2.45) is 5.73 Å². The fourth-order valence-electron chi connectivity index (χ4n) is 1.48. The van der Waals surface area contributed by atoms with Gasteiger partial charge in [0.15, 0.2) is 11.5 Å². The second-order valence-electron chi connectivity index (χ2n) is 3.46. The molecule has 0 saturated heterocycles. The Morgan fingerprint density at radius 1 is 1.40 bits per heavy atom. The van der Waals surface area contributed by atoms with Gasteiger partial charge in [-0.3, -0.25) is 0 Å². The Labute approximate surface area is 88.6 Å². The van der Waals surface area contributed by atoms with Gasteiger partial charge in [0.25, 0.3) is 0 Å². The maximum absolute atomic E-state index is 9.35. The molecule has 1 atom stereocenters. The summed E-state index contributed by atoms with van der Waals surface area (Å²) in [6.45, 7) is 2.05. The molecule has 1 aromatic rings. The van der Waals surface area contributed by atoms with Gasteiger partial charge in [-0.1, -0.05) is 13.0 Å². The van der Waals surface area contributed by atoms with Crippen LogP contribution in [0.3, 0.4) is 0 Å². The van der Waals surface area contributed by atoms with Crippen molar-refractivity contribution in [2.45, 2.75) is 18.8 Å². The lowest BCUT2D eigenvalue weighted by Gasteiger charge is -2.23. The number of phenols is 2. The molecule has 15 heavy (non-hydrogen) atoms. The quantitative estimate of drug-likeness (QED) is 0.649. The Balaban J connectivity index is 3.25. The van der Waals surface area contributed by atoms with Crippen molar-refractivity contribution < 1.29 is 10.2 Å². The molecule has 0 bridgehead atoms. The van der Waals surface area contributed by atoms with Crippen LogP contribution in [-0.2, 0) is 5.41 Å². The van der Waals surface area contributed by atoms with E-state index in [0.29, 0.717) is 12.0 Å². The Morgan fingerprint density at radius 2 is 2.07 bits per heavy atom. The fourth-order valence-corrected chi connectivity index (χ4v) is 1.48. The summed E-state index contributed by atoms with van der Waals surface area (Å²) in [5.41, 5.74) is 5.43. The van der Waals surface area contributed by atoms with E-state index in [2.05, 4.69) is 6.07 Å². The molecule has 0 radical (unpaired) electrons. The molecule has 0 fully saturated rings. The Kier molecular flexibility index (Phi) is 3.17. The fraction of sp³-hybridized carbons (Fsp3) is 0.364. The summed E-state index contributed by atoms with van der Waals surface area (Å²) < 4.78 is 0. The van der Waals surface area contributed by atoms with E-state index in [4.69, 9.17) is 16.1 Å². The summed E-state index contributed by atoms with van der Waals surface area (Å²) >= 11 is 0. The first-order chi connectivity index (χ1) is 7.09. The molecule has 80 valence electrons. The van der Waals surface area contributed by atoms with E-state index in [1.165, 1.54) is 12.1 Å². The number of nitrogens with two attached hydrogens (primary N) is 1. The average Bonchev–Trinajstić information content (AvgIpc) is 2.26. The molecule has 0 aliphatic rings. The van der Waals surface area contributed by atoms with Crippen LogP contribution in [0.2, 0.25) is 0 Å². The summed E-state index contributed by atoms with van der Waals surface area (Å²) in [5.74, 6) is -0.423. The first kappa shape index (κ1) is 11.3. The minimum atomic E-state index is -0.787. The average molecular weight is 206 g/mol. The van der Waals surface area contributed by atoms with Gasteiger partial charge in [0, 0.05) is 6.54 Å². The summed E-state index contributed by atoms with van der Waals surface area (Å²) in [6, 6.07) is 6.51. The van der Waals surface area contributed by atoms with Crippen LogP contribution in [0.25, 0.3) is 0 Å². The molecule has 0 saturated carbocycles. The van der Waals surface area contributed by atoms with Crippen molar-refractivity contribution in [3.63, 3.8) is 0 Å². The lowest BCUT2D eigenvalue weighted by molar-refractivity contribution is 0.401. The van der Waals surface area contributed by atoms with E-state index in [0.717, 1.165) is 0 Å². The van der Waals surface area contributed by atoms with Gasteiger partial charge in [-0.2, -0.15) is 5.26 Å². The highest BCUT2D eigenvalue weighted by Gasteiger charge is 2.29. The van der Waals surface area contributed by atoms with Crippen molar-refractivity contribution in [3.05, 3.63) is 23.8 Å². The molecule has 0 spiro atoms. The molecule has 4 N–H and O–H groups in total. The zero-order chi connectivity index (χ0) is 11.5. The molecular formula is C11H14N2O2. The van der Waals surface area contributed by atoms with Crippen molar-refractivity contribution >= 4 is 0 Å². The second kappa shape index (κ2) is 4.20. The summed E-state index contributed by atoms with van der Waals surface area (Å²) in [6.07, 6.45) is 0.560. The standard InChI is InChI=1S/C11H14N2O2/c1-2-11(6-12,7-13)8-3-4-9(14)10(15)5-8/h3-5,14-15H,2,6,12H2,1H3. The van der Waals surface area contributed by atoms with Crippen molar-refractivity contribution in [1.82, 2.24) is 0 Å². The predicted molar refractivity (Wildman–Crippen MR) is 56.4 cm³/mol. The number of rotatable bonds is 3. The van der Waals surface area contributed by atoms with E-state index in [9.17, 15) is 5.11 Å². The van der Waals surface area contributed by atoms with Gasteiger partial charge in [0.05, 0.1) is 11.5 Å². The van der Waals surface area contributed by atoms with Crippen LogP contribution >= 0.6 is 0 Å². The van der Waals surface area contributed by atoms with E-state index >= 15 is 0 Å². The maximum atomic E-state index is 9.35. The minimum Gasteiger partial charge on any atom is -0.504 e. The number of benzene rings is 1. The van der Waals surface area contributed by atoms with E-state index in [1.807, 2.05) is 6.92 Å². The molecule has 0 aliphatic carbocycles. The van der Waals surface area contributed by atoms with Gasteiger partial charge >= 0.3 is 0 Å². The maximum Gasteiger partial charge on any atom is 0.157 e. The van der Waals surface area contributed by atoms with Crippen LogP contribution in [0.4, 0.5) is 0 Å². The lowest BCUT2D eigenvalue weighted by atomic mass is 9.79. The van der Waals surface area contributed by atoms with Crippen LogP contribution in [0.15, 0.2) is 18.2 Å². The molecule has 0 heterocycles. The number of aromatic hydroxyl groups is 2. The topological polar surface area (TPSA) is 90.3 Å². The smallest absolute Gasteiger partial charge is 0.157 e. The minimum absolute atomic E-state index is 0.185. The molecule has 4 heteroatoms. The van der Waals surface area contributed by atoms with Gasteiger partial charge in [-0.15, -0.1) is 0 Å². The largest absolute Gasteiger partial charge is 0.504 e. The van der Waals surface area contributed by atoms with E-state index < -0.39 is 5.41 Å². The van der Waals surface area contributed by atoms with Crippen LogP contribution in [-0.4, -0.2) is 16.8 Å². The van der Waals surface area contributed by atoms with Crippen LogP contribution in [0, 0.1) is 11.3 Å². The monoisotopic (exact) mass is 206 g/mol. The highest BCUT2D eigenvalue weighted by Crippen LogP contribution is 2.32. The Morgan fingerprint density at radius 3 is 2.47 bits per heavy atom. The van der Waals surface area contributed by atoms with Gasteiger partial charge < -0.3 is 15.9 Å². The van der Waals surface area contributed by atoms with E-state index in [1.54, 1.807) is 6.07 Å². The van der Waals surface area contributed by atoms with Crippen LogP contribution in [0.5, 0.6) is 11.5 Å². The third kappa shape index (κ3) is 1.88. The van der Waals surface area contributed by atoms with Crippen molar-refractivity contribution in [1.29, 1.82) is 5.26 Å². The highest BCUT2D eigenvalue weighted by atomic mass is 16.3. The SMILES string of the molecule is CCC(C#N)(CN)c1ccc(O)c(O)c1. The summed E-state index contributed by atoms with van der Waals surface area (Å²) in [5, 5.41) is 27.6. The van der Waals surface area contributed by atoms with Crippen LogP contribution in [0.1, 0.15) is 18.9 Å². The Hall–Kier alpha value is -1.73. The van der Waals surface area contributed by atoms with Gasteiger partial charge in [0.2, 0.25) is 0 Å². The summed E-state index contributed by atoms with van der Waals surface area (Å²) in [7, 11) is 0. The first-order valence-corrected chi connectivity index (χ1v) is 4.73. The third-order valence-corrected chi connectivity index (χ3v) is 2.69. The zero-order valence-corrected chi connectivity index (χ0v) is 8.57. The molecule has 1 unspecified atom stereocenters. The third-order valence-electron chi connectivity index (χ3n) is 2.69. The van der Waals surface area contributed by atoms with Gasteiger partial charge in [-0.05, 0) is 24.1 Å². The lowest BCUT2D eigenvalue weighted by Crippen LogP contribution is -2.32. The molecule has 0 aromatic heterocycles. The number of hydrogen-bond acceptors (Lipinski definition) is 4. The second-order valence-corrected chi connectivity index (χ2v) is 3.46.